The van der Waals surface area contributed by atoms with E-state index in [1.807, 2.05) is 0 Å². The van der Waals surface area contributed by atoms with Crippen molar-refractivity contribution in [3.63, 3.8) is 0 Å². The van der Waals surface area contributed by atoms with Gasteiger partial charge < -0.3 is 5.21 Å². The summed E-state index contributed by atoms with van der Waals surface area (Å²) in [6.07, 6.45) is 0.951. The average molecular weight is 157 g/mol. The van der Waals surface area contributed by atoms with Crippen molar-refractivity contribution in [1.29, 1.82) is 0 Å². The van der Waals surface area contributed by atoms with Crippen molar-refractivity contribution < 1.29 is 14.0 Å². The van der Waals surface area contributed by atoms with E-state index in [0.717, 1.165) is 24.4 Å². The molecule has 0 spiro atoms. The van der Waals surface area contributed by atoms with Gasteiger partial charge in [0.05, 0.1) is 6.21 Å². The van der Waals surface area contributed by atoms with Crippen molar-refractivity contribution >= 4 is 6.21 Å². The van der Waals surface area contributed by atoms with Gasteiger partial charge in [0.1, 0.15) is 11.6 Å². The molecule has 0 aromatic heterocycles. The predicted molar refractivity (Wildman–Crippen MR) is 35.7 cm³/mol. The Morgan fingerprint density at radius 1 is 1.18 bits per heavy atom. The summed E-state index contributed by atoms with van der Waals surface area (Å²) in [6, 6.07) is 2.86. The van der Waals surface area contributed by atoms with E-state index in [4.69, 9.17) is 5.21 Å². The maximum atomic E-state index is 12.4. The standard InChI is InChI=1S/C7H5F2NO/c8-6-1-5(4-10-11)2-7(9)3-6/h1-4,11H/b10-4-. The quantitative estimate of drug-likeness (QED) is 0.376. The number of nitrogens with zero attached hydrogens (tertiary/aromatic N) is 1. The molecule has 4 heteroatoms. The fraction of sp³-hybridized carbons (Fsp3) is 0. The van der Waals surface area contributed by atoms with Gasteiger partial charge in [0.2, 0.25) is 0 Å². The molecule has 1 aromatic rings. The molecule has 0 aliphatic rings. The summed E-state index contributed by atoms with van der Waals surface area (Å²) < 4.78 is 24.7. The van der Waals surface area contributed by atoms with E-state index >= 15 is 0 Å². The second-order valence-electron chi connectivity index (χ2n) is 1.95. The Morgan fingerprint density at radius 3 is 2.18 bits per heavy atom. The van der Waals surface area contributed by atoms with Crippen molar-refractivity contribution in [3.8, 4) is 0 Å². The molecule has 2 nitrogen and oxygen atoms in total. The van der Waals surface area contributed by atoms with Crippen LogP contribution in [0.5, 0.6) is 0 Å². The lowest BCUT2D eigenvalue weighted by Gasteiger charge is -1.92. The fourth-order valence-corrected chi connectivity index (χ4v) is 0.716. The SMILES string of the molecule is O/N=C\c1cc(F)cc(F)c1. The van der Waals surface area contributed by atoms with Gasteiger partial charge in [-0.2, -0.15) is 0 Å². The van der Waals surface area contributed by atoms with Gasteiger partial charge in [-0.15, -0.1) is 0 Å². The summed E-state index contributed by atoms with van der Waals surface area (Å²) in [5.41, 5.74) is 0.185. The van der Waals surface area contributed by atoms with E-state index in [9.17, 15) is 8.78 Å². The summed E-state index contributed by atoms with van der Waals surface area (Å²) in [5.74, 6) is -1.39. The third-order valence-corrected chi connectivity index (χ3v) is 1.09. The molecule has 0 unspecified atom stereocenters. The molecule has 1 aromatic carbocycles. The summed E-state index contributed by atoms with van der Waals surface area (Å²) in [7, 11) is 0. The zero-order valence-electron chi connectivity index (χ0n) is 5.46. The highest BCUT2D eigenvalue weighted by Gasteiger charge is 1.97. The minimum absolute atomic E-state index is 0.185. The molecule has 0 atom stereocenters. The molecule has 0 amide bonds. The molecule has 1 rings (SSSR count). The Hall–Kier alpha value is -1.45. The van der Waals surface area contributed by atoms with Crippen molar-refractivity contribution in [3.05, 3.63) is 35.4 Å². The molecular weight excluding hydrogens is 152 g/mol. The first kappa shape index (κ1) is 7.65. The van der Waals surface area contributed by atoms with Crippen LogP contribution in [0.25, 0.3) is 0 Å². The summed E-state index contributed by atoms with van der Waals surface area (Å²) in [5, 5.41) is 10.7. The number of oxime groups is 1. The minimum Gasteiger partial charge on any atom is -0.411 e. The molecule has 0 saturated carbocycles. The Balaban J connectivity index is 3.08. The second-order valence-corrected chi connectivity index (χ2v) is 1.95. The highest BCUT2D eigenvalue weighted by atomic mass is 19.1. The number of benzene rings is 1. The third-order valence-electron chi connectivity index (χ3n) is 1.09. The molecular formula is C7H5F2NO. The highest BCUT2D eigenvalue weighted by molar-refractivity contribution is 5.78. The van der Waals surface area contributed by atoms with Gasteiger partial charge in [-0.3, -0.25) is 0 Å². The molecule has 1 N–H and O–H groups in total. The highest BCUT2D eigenvalue weighted by Crippen LogP contribution is 2.05. The monoisotopic (exact) mass is 157 g/mol. The molecule has 0 fully saturated rings. The van der Waals surface area contributed by atoms with E-state index in [1.54, 1.807) is 0 Å². The molecule has 0 saturated heterocycles. The predicted octanol–water partition coefficient (Wildman–Crippen LogP) is 1.77. The van der Waals surface area contributed by atoms with Gasteiger partial charge in [-0.1, -0.05) is 5.16 Å². The summed E-state index contributed by atoms with van der Waals surface area (Å²) in [6.45, 7) is 0. The maximum absolute atomic E-state index is 12.4. The van der Waals surface area contributed by atoms with Crippen LogP contribution < -0.4 is 0 Å². The van der Waals surface area contributed by atoms with Gasteiger partial charge in [0.15, 0.2) is 0 Å². The van der Waals surface area contributed by atoms with Crippen LogP contribution in [-0.4, -0.2) is 11.4 Å². The zero-order chi connectivity index (χ0) is 8.27. The number of rotatable bonds is 1. The number of hydrogen-bond acceptors (Lipinski definition) is 2. The van der Waals surface area contributed by atoms with E-state index < -0.39 is 11.6 Å². The summed E-state index contributed by atoms with van der Waals surface area (Å²) >= 11 is 0. The van der Waals surface area contributed by atoms with E-state index in [2.05, 4.69) is 5.16 Å². The van der Waals surface area contributed by atoms with Crippen LogP contribution in [0.2, 0.25) is 0 Å². The Kier molecular flexibility index (Phi) is 2.15. The van der Waals surface area contributed by atoms with Crippen LogP contribution in [0.1, 0.15) is 5.56 Å². The maximum Gasteiger partial charge on any atom is 0.126 e. The van der Waals surface area contributed by atoms with Crippen LogP contribution in [0.4, 0.5) is 8.78 Å². The molecule has 0 aliphatic carbocycles. The van der Waals surface area contributed by atoms with Gasteiger partial charge >= 0.3 is 0 Å². The van der Waals surface area contributed by atoms with Crippen LogP contribution in [0, 0.1) is 11.6 Å². The third kappa shape index (κ3) is 2.00. The smallest absolute Gasteiger partial charge is 0.126 e. The molecule has 0 aliphatic heterocycles. The Morgan fingerprint density at radius 2 is 1.73 bits per heavy atom. The first-order chi connectivity index (χ1) is 5.22. The lowest BCUT2D eigenvalue weighted by atomic mass is 10.2. The Labute approximate surface area is 61.8 Å². The van der Waals surface area contributed by atoms with Crippen molar-refractivity contribution in [2.24, 2.45) is 5.16 Å². The van der Waals surface area contributed by atoms with E-state index in [1.165, 1.54) is 0 Å². The number of hydrogen-bond donors (Lipinski definition) is 1. The van der Waals surface area contributed by atoms with Gasteiger partial charge in [0.25, 0.3) is 0 Å². The lowest BCUT2D eigenvalue weighted by molar-refractivity contribution is 0.322. The van der Waals surface area contributed by atoms with Crippen LogP contribution in [-0.2, 0) is 0 Å². The molecule has 11 heavy (non-hydrogen) atoms. The topological polar surface area (TPSA) is 32.6 Å². The molecule has 58 valence electrons. The van der Waals surface area contributed by atoms with Crippen LogP contribution >= 0.6 is 0 Å². The second kappa shape index (κ2) is 3.09. The molecule has 0 heterocycles. The minimum atomic E-state index is -0.695. The summed E-state index contributed by atoms with van der Waals surface area (Å²) in [4.78, 5) is 0. The Bertz CT molecular complexity index is 266. The van der Waals surface area contributed by atoms with E-state index in [-0.39, 0.29) is 5.56 Å². The lowest BCUT2D eigenvalue weighted by Crippen LogP contribution is -1.86. The zero-order valence-corrected chi connectivity index (χ0v) is 5.46. The fourth-order valence-electron chi connectivity index (χ4n) is 0.716. The van der Waals surface area contributed by atoms with Crippen molar-refractivity contribution in [1.82, 2.24) is 0 Å². The molecule has 0 radical (unpaired) electrons. The number of halogens is 2. The first-order valence-electron chi connectivity index (χ1n) is 2.86. The van der Waals surface area contributed by atoms with Crippen LogP contribution in [0.15, 0.2) is 23.4 Å². The normalized spacial score (nSPS) is 10.7. The van der Waals surface area contributed by atoms with Gasteiger partial charge in [0, 0.05) is 11.6 Å². The average Bonchev–Trinajstić information content (AvgIpc) is 1.85. The van der Waals surface area contributed by atoms with Gasteiger partial charge in [-0.25, -0.2) is 8.78 Å². The first-order valence-corrected chi connectivity index (χ1v) is 2.86. The van der Waals surface area contributed by atoms with Crippen molar-refractivity contribution in [2.45, 2.75) is 0 Å². The van der Waals surface area contributed by atoms with E-state index in [0.29, 0.717) is 0 Å². The largest absolute Gasteiger partial charge is 0.411 e. The van der Waals surface area contributed by atoms with Gasteiger partial charge in [-0.05, 0) is 12.1 Å². The molecule has 0 bridgehead atoms. The van der Waals surface area contributed by atoms with Crippen molar-refractivity contribution in [2.75, 3.05) is 0 Å². The van der Waals surface area contributed by atoms with Crippen LogP contribution in [0.3, 0.4) is 0 Å².